The number of carbonyl (C=O) groups excluding carboxylic acids is 2. The molecule has 2 heterocycles. The minimum absolute atomic E-state index is 0.0544. The van der Waals surface area contributed by atoms with Gasteiger partial charge in [-0.3, -0.25) is 9.59 Å². The molecule has 6 nitrogen and oxygen atoms in total. The van der Waals surface area contributed by atoms with Crippen molar-refractivity contribution in [3.8, 4) is 5.75 Å². The SMILES string of the molecule is COc1ccc(C(=O)N2CCN(C(=O)Cc3ccn(C)c3)CC2)cc1F. The Kier molecular flexibility index (Phi) is 5.25. The molecule has 1 aliphatic heterocycles. The summed E-state index contributed by atoms with van der Waals surface area (Å²) in [4.78, 5) is 28.3. The monoisotopic (exact) mass is 359 g/mol. The van der Waals surface area contributed by atoms with E-state index in [1.807, 2.05) is 30.1 Å². The Hall–Kier alpha value is -2.83. The number of halogens is 1. The van der Waals surface area contributed by atoms with Crippen LogP contribution in [0.5, 0.6) is 5.75 Å². The summed E-state index contributed by atoms with van der Waals surface area (Å²) in [6.07, 6.45) is 4.20. The van der Waals surface area contributed by atoms with Gasteiger partial charge < -0.3 is 19.1 Å². The Morgan fingerprint density at radius 3 is 2.38 bits per heavy atom. The van der Waals surface area contributed by atoms with Crippen molar-refractivity contribution in [3.05, 3.63) is 53.6 Å². The van der Waals surface area contributed by atoms with E-state index in [-0.39, 0.29) is 23.1 Å². The van der Waals surface area contributed by atoms with E-state index in [9.17, 15) is 14.0 Å². The standard InChI is InChI=1S/C19H22FN3O3/c1-21-6-5-14(13-21)11-18(24)22-7-9-23(10-8-22)19(25)15-3-4-17(26-2)16(20)12-15/h3-6,12-13H,7-11H2,1-2H3. The molecule has 1 aliphatic rings. The molecule has 2 amide bonds. The lowest BCUT2D eigenvalue weighted by molar-refractivity contribution is -0.131. The minimum atomic E-state index is -0.560. The number of aromatic nitrogens is 1. The number of hydrogen-bond donors (Lipinski definition) is 0. The van der Waals surface area contributed by atoms with Gasteiger partial charge in [0.25, 0.3) is 5.91 Å². The van der Waals surface area contributed by atoms with Crippen molar-refractivity contribution in [2.45, 2.75) is 6.42 Å². The van der Waals surface area contributed by atoms with Crippen LogP contribution in [0.2, 0.25) is 0 Å². The molecule has 0 atom stereocenters. The first-order chi connectivity index (χ1) is 12.5. The number of ether oxygens (including phenoxy) is 1. The Morgan fingerprint density at radius 1 is 1.12 bits per heavy atom. The van der Waals surface area contributed by atoms with Crippen LogP contribution in [-0.2, 0) is 18.3 Å². The first kappa shape index (κ1) is 18.0. The van der Waals surface area contributed by atoms with Crippen LogP contribution in [-0.4, -0.2) is 59.5 Å². The molecule has 1 aromatic carbocycles. The van der Waals surface area contributed by atoms with E-state index in [0.29, 0.717) is 32.6 Å². The first-order valence-corrected chi connectivity index (χ1v) is 8.49. The minimum Gasteiger partial charge on any atom is -0.494 e. The normalized spacial score (nSPS) is 14.4. The summed E-state index contributed by atoms with van der Waals surface area (Å²) >= 11 is 0. The largest absolute Gasteiger partial charge is 0.494 e. The second-order valence-corrected chi connectivity index (χ2v) is 6.38. The number of rotatable bonds is 4. The third kappa shape index (κ3) is 3.87. The highest BCUT2D eigenvalue weighted by atomic mass is 19.1. The van der Waals surface area contributed by atoms with Crippen LogP contribution in [0.25, 0.3) is 0 Å². The van der Waals surface area contributed by atoms with Crippen molar-refractivity contribution in [1.82, 2.24) is 14.4 Å². The Morgan fingerprint density at radius 2 is 1.81 bits per heavy atom. The van der Waals surface area contributed by atoms with Crippen molar-refractivity contribution in [2.75, 3.05) is 33.3 Å². The van der Waals surface area contributed by atoms with Crippen LogP contribution in [0.1, 0.15) is 15.9 Å². The lowest BCUT2D eigenvalue weighted by atomic mass is 10.1. The van der Waals surface area contributed by atoms with Gasteiger partial charge in [0.2, 0.25) is 5.91 Å². The average Bonchev–Trinajstić information content (AvgIpc) is 3.05. The molecule has 1 saturated heterocycles. The molecule has 0 radical (unpaired) electrons. The fourth-order valence-corrected chi connectivity index (χ4v) is 3.09. The molecular weight excluding hydrogens is 337 g/mol. The van der Waals surface area contributed by atoms with Gasteiger partial charge in [0.05, 0.1) is 13.5 Å². The summed E-state index contributed by atoms with van der Waals surface area (Å²) in [6, 6.07) is 6.11. The summed E-state index contributed by atoms with van der Waals surface area (Å²) in [7, 11) is 3.30. The number of nitrogens with zero attached hydrogens (tertiary/aromatic N) is 3. The van der Waals surface area contributed by atoms with Gasteiger partial charge in [-0.2, -0.15) is 0 Å². The van der Waals surface area contributed by atoms with Crippen molar-refractivity contribution in [3.63, 3.8) is 0 Å². The predicted molar refractivity (Wildman–Crippen MR) is 94.6 cm³/mol. The zero-order chi connectivity index (χ0) is 18.7. The molecule has 0 N–H and O–H groups in total. The van der Waals surface area contributed by atoms with Crippen LogP contribution < -0.4 is 4.74 Å². The molecule has 26 heavy (non-hydrogen) atoms. The van der Waals surface area contributed by atoms with Crippen LogP contribution in [0.4, 0.5) is 4.39 Å². The van der Waals surface area contributed by atoms with Crippen LogP contribution in [0.15, 0.2) is 36.7 Å². The maximum Gasteiger partial charge on any atom is 0.254 e. The van der Waals surface area contributed by atoms with Gasteiger partial charge in [-0.1, -0.05) is 0 Å². The molecule has 7 heteroatoms. The summed E-state index contributed by atoms with van der Waals surface area (Å²) < 4.78 is 20.6. The Labute approximate surface area is 151 Å². The highest BCUT2D eigenvalue weighted by molar-refractivity contribution is 5.94. The smallest absolute Gasteiger partial charge is 0.254 e. The lowest BCUT2D eigenvalue weighted by Crippen LogP contribution is -2.51. The topological polar surface area (TPSA) is 54.8 Å². The average molecular weight is 359 g/mol. The van der Waals surface area contributed by atoms with E-state index < -0.39 is 5.82 Å². The molecule has 0 spiro atoms. The van der Waals surface area contributed by atoms with Gasteiger partial charge >= 0.3 is 0 Å². The zero-order valence-corrected chi connectivity index (χ0v) is 14.9. The predicted octanol–water partition coefficient (Wildman–Crippen LogP) is 1.70. The second kappa shape index (κ2) is 7.59. The number of piperazine rings is 1. The summed E-state index contributed by atoms with van der Waals surface area (Å²) in [5.74, 6) is -0.631. The van der Waals surface area contributed by atoms with E-state index in [1.165, 1.54) is 19.2 Å². The molecule has 2 aromatic rings. The third-order valence-corrected chi connectivity index (χ3v) is 4.57. The van der Waals surface area contributed by atoms with Gasteiger partial charge in [-0.15, -0.1) is 0 Å². The zero-order valence-electron chi connectivity index (χ0n) is 14.9. The molecular formula is C19H22FN3O3. The molecule has 0 saturated carbocycles. The van der Waals surface area contributed by atoms with Crippen molar-refractivity contribution >= 4 is 11.8 Å². The molecule has 1 aromatic heterocycles. The third-order valence-electron chi connectivity index (χ3n) is 4.57. The summed E-state index contributed by atoms with van der Waals surface area (Å²) in [5.41, 5.74) is 1.26. The van der Waals surface area contributed by atoms with Gasteiger partial charge in [0, 0.05) is 51.2 Å². The van der Waals surface area contributed by atoms with E-state index in [2.05, 4.69) is 0 Å². The maximum absolute atomic E-state index is 13.8. The second-order valence-electron chi connectivity index (χ2n) is 6.38. The van der Waals surface area contributed by atoms with Gasteiger partial charge in [0.15, 0.2) is 11.6 Å². The van der Waals surface area contributed by atoms with Gasteiger partial charge in [-0.05, 0) is 29.8 Å². The lowest BCUT2D eigenvalue weighted by Gasteiger charge is -2.35. The quantitative estimate of drug-likeness (QED) is 0.835. The molecule has 1 fully saturated rings. The van der Waals surface area contributed by atoms with Gasteiger partial charge in [0.1, 0.15) is 0 Å². The van der Waals surface area contributed by atoms with Crippen molar-refractivity contribution in [2.24, 2.45) is 7.05 Å². The van der Waals surface area contributed by atoms with Crippen LogP contribution in [0.3, 0.4) is 0 Å². The molecule has 0 aliphatic carbocycles. The van der Waals surface area contributed by atoms with E-state index in [0.717, 1.165) is 5.56 Å². The molecule has 0 bridgehead atoms. The number of amides is 2. The summed E-state index contributed by atoms with van der Waals surface area (Å²) in [6.45, 7) is 1.84. The number of aryl methyl sites for hydroxylation is 1. The molecule has 3 rings (SSSR count). The number of hydrogen-bond acceptors (Lipinski definition) is 3. The van der Waals surface area contributed by atoms with Crippen LogP contribution >= 0.6 is 0 Å². The van der Waals surface area contributed by atoms with Crippen LogP contribution in [0, 0.1) is 5.82 Å². The van der Waals surface area contributed by atoms with E-state index in [4.69, 9.17) is 4.74 Å². The summed E-state index contributed by atoms with van der Waals surface area (Å²) in [5, 5.41) is 0. The Balaban J connectivity index is 1.56. The highest BCUT2D eigenvalue weighted by Gasteiger charge is 2.25. The van der Waals surface area contributed by atoms with E-state index >= 15 is 0 Å². The van der Waals surface area contributed by atoms with Crippen molar-refractivity contribution < 1.29 is 18.7 Å². The maximum atomic E-state index is 13.8. The fraction of sp³-hybridized carbons (Fsp3) is 0.368. The fourth-order valence-electron chi connectivity index (χ4n) is 3.09. The number of benzene rings is 1. The van der Waals surface area contributed by atoms with Gasteiger partial charge in [-0.25, -0.2) is 4.39 Å². The van der Waals surface area contributed by atoms with Crippen molar-refractivity contribution in [1.29, 1.82) is 0 Å². The molecule has 138 valence electrons. The number of carbonyl (C=O) groups is 2. The highest BCUT2D eigenvalue weighted by Crippen LogP contribution is 2.19. The van der Waals surface area contributed by atoms with E-state index in [1.54, 1.807) is 15.9 Å². The Bertz CT molecular complexity index is 810. The first-order valence-electron chi connectivity index (χ1n) is 8.49. The number of methoxy groups -OCH3 is 1. The molecule has 0 unspecified atom stereocenters.